The monoisotopic (exact) mass is 380 g/mol. The van der Waals surface area contributed by atoms with E-state index in [-0.39, 0.29) is 12.6 Å². The summed E-state index contributed by atoms with van der Waals surface area (Å²) in [4.78, 5) is 2.29. The average Bonchev–Trinajstić information content (AvgIpc) is 2.74. The van der Waals surface area contributed by atoms with Crippen LogP contribution in [0.3, 0.4) is 0 Å². The fourth-order valence-corrected chi connectivity index (χ4v) is 3.68. The number of rotatable bonds is 8. The number of nitrogens with one attached hydrogen (secondary N) is 2. The molecule has 0 radical (unpaired) electrons. The number of hydrogen-bond donors (Lipinski definition) is 4. The highest BCUT2D eigenvalue weighted by atomic mass is 16.3. The van der Waals surface area contributed by atoms with E-state index in [0.29, 0.717) is 23.9 Å². The Labute approximate surface area is 166 Å². The van der Waals surface area contributed by atoms with E-state index in [4.69, 9.17) is 5.53 Å². The predicted molar refractivity (Wildman–Crippen MR) is 109 cm³/mol. The van der Waals surface area contributed by atoms with Gasteiger partial charge in [-0.3, -0.25) is 4.90 Å². The zero-order valence-electron chi connectivity index (χ0n) is 16.0. The molecule has 1 aliphatic rings. The summed E-state index contributed by atoms with van der Waals surface area (Å²) in [6.45, 7) is 2.43. The smallest absolute Gasteiger partial charge is 0.115 e. The second kappa shape index (κ2) is 10.0. The first kappa shape index (κ1) is 20.0. The van der Waals surface area contributed by atoms with Crippen LogP contribution < -0.4 is 5.32 Å². The molecule has 3 rings (SSSR count). The zero-order valence-corrected chi connectivity index (χ0v) is 16.0. The Bertz CT molecular complexity index is 786. The van der Waals surface area contributed by atoms with Gasteiger partial charge < -0.3 is 15.5 Å². The number of phenols is 1. The van der Waals surface area contributed by atoms with Gasteiger partial charge in [0.15, 0.2) is 0 Å². The SMILES string of the molecule is N=N/C(=C\NC(CO)c1ccccc1)CN1CCC(c2cccc(O)c2)CC1. The van der Waals surface area contributed by atoms with E-state index >= 15 is 0 Å². The van der Waals surface area contributed by atoms with Gasteiger partial charge in [-0.2, -0.15) is 5.11 Å². The van der Waals surface area contributed by atoms with Crippen LogP contribution in [0.1, 0.15) is 35.9 Å². The van der Waals surface area contributed by atoms with Crippen molar-refractivity contribution in [2.75, 3.05) is 26.2 Å². The lowest BCUT2D eigenvalue weighted by Gasteiger charge is -2.32. The Morgan fingerprint density at radius 3 is 2.57 bits per heavy atom. The third-order valence-electron chi connectivity index (χ3n) is 5.29. The first-order valence-corrected chi connectivity index (χ1v) is 9.69. The highest BCUT2D eigenvalue weighted by molar-refractivity contribution is 5.30. The van der Waals surface area contributed by atoms with Gasteiger partial charge in [-0.05, 0) is 55.1 Å². The van der Waals surface area contributed by atoms with Crippen LogP contribution in [0.25, 0.3) is 0 Å². The topological polar surface area (TPSA) is 91.9 Å². The van der Waals surface area contributed by atoms with Gasteiger partial charge >= 0.3 is 0 Å². The summed E-state index contributed by atoms with van der Waals surface area (Å²) in [6, 6.07) is 17.1. The number of aromatic hydroxyl groups is 1. The van der Waals surface area contributed by atoms with Crippen LogP contribution in [0.4, 0.5) is 0 Å². The summed E-state index contributed by atoms with van der Waals surface area (Å²) in [7, 11) is 0. The molecule has 0 bridgehead atoms. The summed E-state index contributed by atoms with van der Waals surface area (Å²) in [5.41, 5.74) is 10.3. The lowest BCUT2D eigenvalue weighted by molar-refractivity contribution is 0.226. The standard InChI is InChI=1S/C22H28N4O2/c23-25-20(14-24-22(16-27)18-5-2-1-3-6-18)15-26-11-9-17(10-12-26)19-7-4-8-21(28)13-19/h1-8,13-14,17,22-24,27-28H,9-12,15-16H2/b20-14-,25-23?. The minimum Gasteiger partial charge on any atom is -0.508 e. The Morgan fingerprint density at radius 1 is 1.18 bits per heavy atom. The molecule has 6 nitrogen and oxygen atoms in total. The van der Waals surface area contributed by atoms with Crippen LogP contribution in [-0.2, 0) is 0 Å². The molecule has 0 aliphatic carbocycles. The fraction of sp³-hybridized carbons (Fsp3) is 0.364. The molecule has 0 saturated carbocycles. The van der Waals surface area contributed by atoms with Crippen LogP contribution in [0, 0.1) is 5.53 Å². The van der Waals surface area contributed by atoms with Gasteiger partial charge in [0.05, 0.1) is 18.3 Å². The molecule has 0 spiro atoms. The molecule has 4 N–H and O–H groups in total. The highest BCUT2D eigenvalue weighted by Crippen LogP contribution is 2.30. The molecule has 1 saturated heterocycles. The molecule has 28 heavy (non-hydrogen) atoms. The molecule has 0 amide bonds. The van der Waals surface area contributed by atoms with E-state index in [0.717, 1.165) is 31.5 Å². The zero-order chi connectivity index (χ0) is 19.8. The average molecular weight is 380 g/mol. The van der Waals surface area contributed by atoms with Gasteiger partial charge in [0.25, 0.3) is 0 Å². The Morgan fingerprint density at radius 2 is 1.93 bits per heavy atom. The predicted octanol–water partition coefficient (Wildman–Crippen LogP) is 3.77. The van der Waals surface area contributed by atoms with Crippen molar-refractivity contribution in [3.05, 3.63) is 77.6 Å². The molecule has 1 aliphatic heterocycles. The summed E-state index contributed by atoms with van der Waals surface area (Å²) in [5, 5.41) is 26.2. The molecule has 2 aromatic carbocycles. The Balaban J connectivity index is 1.53. The highest BCUT2D eigenvalue weighted by Gasteiger charge is 2.21. The van der Waals surface area contributed by atoms with Crippen LogP contribution in [0.2, 0.25) is 0 Å². The van der Waals surface area contributed by atoms with E-state index in [1.165, 1.54) is 5.56 Å². The molecule has 148 valence electrons. The number of benzene rings is 2. The fourth-order valence-electron chi connectivity index (χ4n) is 3.68. The third-order valence-corrected chi connectivity index (χ3v) is 5.29. The van der Waals surface area contributed by atoms with Crippen molar-refractivity contribution in [1.29, 1.82) is 5.53 Å². The molecule has 0 aromatic heterocycles. The summed E-state index contributed by atoms with van der Waals surface area (Å²) >= 11 is 0. The van der Waals surface area contributed by atoms with Crippen LogP contribution >= 0.6 is 0 Å². The molecular formula is C22H28N4O2. The molecule has 1 atom stereocenters. The Kier molecular flexibility index (Phi) is 7.17. The lowest BCUT2D eigenvalue weighted by atomic mass is 9.89. The van der Waals surface area contributed by atoms with Crippen molar-refractivity contribution < 1.29 is 10.2 Å². The number of likely N-dealkylation sites (tertiary alicyclic amines) is 1. The number of aliphatic hydroxyl groups is 1. The third kappa shape index (κ3) is 5.41. The van der Waals surface area contributed by atoms with Gasteiger partial charge in [-0.1, -0.05) is 42.5 Å². The van der Waals surface area contributed by atoms with Gasteiger partial charge in [-0.25, -0.2) is 5.53 Å². The second-order valence-corrected chi connectivity index (χ2v) is 7.21. The van der Waals surface area contributed by atoms with Crippen LogP contribution in [0.5, 0.6) is 5.75 Å². The van der Waals surface area contributed by atoms with Crippen molar-refractivity contribution in [3.63, 3.8) is 0 Å². The minimum atomic E-state index is -0.213. The quantitative estimate of drug-likeness (QED) is 0.525. The number of aliphatic hydroxyl groups excluding tert-OH is 1. The van der Waals surface area contributed by atoms with Crippen molar-refractivity contribution in [1.82, 2.24) is 10.2 Å². The maximum Gasteiger partial charge on any atom is 0.115 e. The number of nitrogens with zero attached hydrogens (tertiary/aromatic N) is 2. The molecule has 1 fully saturated rings. The van der Waals surface area contributed by atoms with Gasteiger partial charge in [0, 0.05) is 12.7 Å². The van der Waals surface area contributed by atoms with Crippen LogP contribution in [0.15, 0.2) is 71.6 Å². The lowest BCUT2D eigenvalue weighted by Crippen LogP contribution is -2.34. The van der Waals surface area contributed by atoms with Crippen LogP contribution in [-0.4, -0.2) is 41.4 Å². The van der Waals surface area contributed by atoms with Gasteiger partial charge in [0.1, 0.15) is 5.75 Å². The second-order valence-electron chi connectivity index (χ2n) is 7.21. The molecule has 6 heteroatoms. The van der Waals surface area contributed by atoms with E-state index in [1.807, 2.05) is 42.5 Å². The minimum absolute atomic E-state index is 0.0267. The normalized spacial score (nSPS) is 17.2. The molecule has 1 unspecified atom stereocenters. The molecule has 2 aromatic rings. The largest absolute Gasteiger partial charge is 0.508 e. The van der Waals surface area contributed by atoms with Crippen molar-refractivity contribution in [3.8, 4) is 5.75 Å². The number of piperidine rings is 1. The van der Waals surface area contributed by atoms with Gasteiger partial charge in [-0.15, -0.1) is 0 Å². The molecular weight excluding hydrogens is 352 g/mol. The summed E-state index contributed by atoms with van der Waals surface area (Å²) in [6.07, 6.45) is 3.78. The van der Waals surface area contributed by atoms with Crippen molar-refractivity contribution in [2.45, 2.75) is 24.8 Å². The van der Waals surface area contributed by atoms with Gasteiger partial charge in [0.2, 0.25) is 0 Å². The first-order chi connectivity index (χ1) is 13.7. The van der Waals surface area contributed by atoms with E-state index in [9.17, 15) is 10.2 Å². The number of phenolic OH excluding ortho intramolecular Hbond substituents is 1. The van der Waals surface area contributed by atoms with E-state index < -0.39 is 0 Å². The molecule has 1 heterocycles. The van der Waals surface area contributed by atoms with E-state index in [1.54, 1.807) is 12.3 Å². The maximum absolute atomic E-state index is 9.68. The Hall–Kier alpha value is -2.70. The maximum atomic E-state index is 9.68. The van der Waals surface area contributed by atoms with Crippen molar-refractivity contribution >= 4 is 0 Å². The summed E-state index contributed by atoms with van der Waals surface area (Å²) < 4.78 is 0. The first-order valence-electron chi connectivity index (χ1n) is 9.69. The van der Waals surface area contributed by atoms with Crippen molar-refractivity contribution in [2.24, 2.45) is 5.11 Å². The van der Waals surface area contributed by atoms with E-state index in [2.05, 4.69) is 21.4 Å². The number of hydrogen-bond acceptors (Lipinski definition) is 6. The summed E-state index contributed by atoms with van der Waals surface area (Å²) in [5.74, 6) is 0.778.